The second-order valence-corrected chi connectivity index (χ2v) is 6.62. The predicted octanol–water partition coefficient (Wildman–Crippen LogP) is 2.85. The van der Waals surface area contributed by atoms with E-state index in [0.29, 0.717) is 23.5 Å². The SMILES string of the molecule is CCCCc1nc2c(N)nnc(OC(C)C)c2n1Cc1ccc(C#N)cn1. The maximum Gasteiger partial charge on any atom is 0.260 e. The molecule has 0 aromatic carbocycles. The fourth-order valence-electron chi connectivity index (χ4n) is 2.83. The summed E-state index contributed by atoms with van der Waals surface area (Å²) in [6.07, 6.45) is 4.38. The number of rotatable bonds is 7. The van der Waals surface area contributed by atoms with Crippen molar-refractivity contribution in [2.45, 2.75) is 52.7 Å². The van der Waals surface area contributed by atoms with Crippen LogP contribution >= 0.6 is 0 Å². The number of aryl methyl sites for hydroxylation is 1. The minimum atomic E-state index is -0.0541. The molecule has 0 fully saturated rings. The number of ether oxygens (including phenoxy) is 1. The molecule has 140 valence electrons. The summed E-state index contributed by atoms with van der Waals surface area (Å²) in [7, 11) is 0. The number of imidazole rings is 1. The van der Waals surface area contributed by atoms with Crippen LogP contribution in [0.1, 0.15) is 50.7 Å². The fraction of sp³-hybridized carbons (Fsp3) is 0.421. The Balaban J connectivity index is 2.13. The maximum atomic E-state index is 8.97. The molecule has 8 heteroatoms. The average molecular weight is 365 g/mol. The lowest BCUT2D eigenvalue weighted by molar-refractivity contribution is 0.232. The Kier molecular flexibility index (Phi) is 5.50. The molecule has 0 saturated heterocycles. The molecule has 3 heterocycles. The molecule has 3 aromatic rings. The lowest BCUT2D eigenvalue weighted by atomic mass is 10.2. The van der Waals surface area contributed by atoms with Gasteiger partial charge in [0.05, 0.1) is 23.9 Å². The topological polar surface area (TPSA) is 116 Å². The van der Waals surface area contributed by atoms with Gasteiger partial charge in [-0.2, -0.15) is 5.26 Å². The minimum absolute atomic E-state index is 0.0541. The number of pyridine rings is 1. The smallest absolute Gasteiger partial charge is 0.260 e. The Hall–Kier alpha value is -3.21. The van der Waals surface area contributed by atoms with E-state index in [4.69, 9.17) is 20.7 Å². The molecular weight excluding hydrogens is 342 g/mol. The summed E-state index contributed by atoms with van der Waals surface area (Å²) >= 11 is 0. The van der Waals surface area contributed by atoms with Gasteiger partial charge in [-0.25, -0.2) is 4.98 Å². The average Bonchev–Trinajstić information content (AvgIpc) is 3.02. The first-order valence-electron chi connectivity index (χ1n) is 9.06. The molecule has 0 unspecified atom stereocenters. The van der Waals surface area contributed by atoms with Crippen molar-refractivity contribution in [2.24, 2.45) is 0 Å². The Labute approximate surface area is 158 Å². The number of nitriles is 1. The molecule has 0 saturated carbocycles. The van der Waals surface area contributed by atoms with E-state index >= 15 is 0 Å². The summed E-state index contributed by atoms with van der Waals surface area (Å²) in [5.74, 6) is 1.59. The van der Waals surface area contributed by atoms with Crippen molar-refractivity contribution in [3.05, 3.63) is 35.4 Å². The van der Waals surface area contributed by atoms with E-state index in [2.05, 4.69) is 28.2 Å². The van der Waals surface area contributed by atoms with E-state index in [1.54, 1.807) is 12.3 Å². The summed E-state index contributed by atoms with van der Waals surface area (Å²) < 4.78 is 7.91. The molecule has 0 bridgehead atoms. The first-order chi connectivity index (χ1) is 13.0. The van der Waals surface area contributed by atoms with Gasteiger partial charge in [0.1, 0.15) is 22.9 Å². The number of fused-ring (bicyclic) bond motifs is 1. The molecular formula is C19H23N7O. The van der Waals surface area contributed by atoms with Crippen molar-refractivity contribution in [2.75, 3.05) is 5.73 Å². The van der Waals surface area contributed by atoms with Gasteiger partial charge in [0.25, 0.3) is 5.88 Å². The molecule has 0 atom stereocenters. The van der Waals surface area contributed by atoms with Crippen LogP contribution < -0.4 is 10.5 Å². The highest BCUT2D eigenvalue weighted by molar-refractivity contribution is 5.88. The summed E-state index contributed by atoms with van der Waals surface area (Å²) in [4.78, 5) is 9.11. The largest absolute Gasteiger partial charge is 0.472 e. The minimum Gasteiger partial charge on any atom is -0.472 e. The van der Waals surface area contributed by atoms with Crippen LogP contribution in [-0.2, 0) is 13.0 Å². The van der Waals surface area contributed by atoms with Gasteiger partial charge in [-0.3, -0.25) is 4.98 Å². The van der Waals surface area contributed by atoms with Crippen molar-refractivity contribution in [1.82, 2.24) is 24.7 Å². The second kappa shape index (κ2) is 7.99. The van der Waals surface area contributed by atoms with Crippen LogP contribution in [0.2, 0.25) is 0 Å². The van der Waals surface area contributed by atoms with Crippen molar-refractivity contribution in [3.63, 3.8) is 0 Å². The standard InChI is InChI=1S/C19H23N7O/c1-4-5-6-15-23-16-17(19(27-12(2)3)25-24-18(16)21)26(15)11-14-8-7-13(9-20)10-22-14/h7-8,10,12H,4-6,11H2,1-3H3,(H2,21,24). The Morgan fingerprint density at radius 2 is 2.11 bits per heavy atom. The number of anilines is 1. The number of aromatic nitrogens is 5. The molecule has 2 N–H and O–H groups in total. The number of nitrogens with zero attached hydrogens (tertiary/aromatic N) is 6. The van der Waals surface area contributed by atoms with Crippen LogP contribution in [-0.4, -0.2) is 30.8 Å². The fourth-order valence-corrected chi connectivity index (χ4v) is 2.83. The molecule has 8 nitrogen and oxygen atoms in total. The number of hydrogen-bond donors (Lipinski definition) is 1. The summed E-state index contributed by atoms with van der Waals surface area (Å²) in [6.45, 7) is 6.50. The van der Waals surface area contributed by atoms with E-state index in [1.165, 1.54) is 0 Å². The molecule has 0 amide bonds. The van der Waals surface area contributed by atoms with E-state index in [1.807, 2.05) is 24.5 Å². The number of nitrogen functional groups attached to an aromatic ring is 1. The molecule has 0 aliphatic heterocycles. The van der Waals surface area contributed by atoms with Crippen molar-refractivity contribution >= 4 is 16.9 Å². The van der Waals surface area contributed by atoms with E-state index in [9.17, 15) is 0 Å². The summed E-state index contributed by atoms with van der Waals surface area (Å²) in [5, 5.41) is 17.1. The summed E-state index contributed by atoms with van der Waals surface area (Å²) in [6, 6.07) is 5.68. The first-order valence-corrected chi connectivity index (χ1v) is 9.06. The highest BCUT2D eigenvalue weighted by Gasteiger charge is 2.20. The first kappa shape index (κ1) is 18.6. The van der Waals surface area contributed by atoms with E-state index in [0.717, 1.165) is 36.3 Å². The van der Waals surface area contributed by atoms with Crippen LogP contribution in [0, 0.1) is 11.3 Å². The zero-order valence-electron chi connectivity index (χ0n) is 15.8. The molecule has 27 heavy (non-hydrogen) atoms. The van der Waals surface area contributed by atoms with Gasteiger partial charge in [0, 0.05) is 12.6 Å². The van der Waals surface area contributed by atoms with Crippen LogP contribution in [0.3, 0.4) is 0 Å². The third kappa shape index (κ3) is 3.97. The molecule has 0 aliphatic rings. The van der Waals surface area contributed by atoms with Crippen molar-refractivity contribution in [1.29, 1.82) is 5.26 Å². The van der Waals surface area contributed by atoms with Crippen molar-refractivity contribution < 1.29 is 4.74 Å². The van der Waals surface area contributed by atoms with Gasteiger partial charge < -0.3 is 15.0 Å². The summed E-state index contributed by atoms with van der Waals surface area (Å²) in [5.41, 5.74) is 8.71. The van der Waals surface area contributed by atoms with Crippen LogP contribution in [0.5, 0.6) is 5.88 Å². The number of unbranched alkanes of at least 4 members (excludes halogenated alkanes) is 1. The Bertz CT molecular complexity index is 970. The lowest BCUT2D eigenvalue weighted by Gasteiger charge is -2.13. The van der Waals surface area contributed by atoms with Crippen LogP contribution in [0.25, 0.3) is 11.0 Å². The molecule has 3 aromatic heterocycles. The third-order valence-corrected chi connectivity index (χ3v) is 4.12. The lowest BCUT2D eigenvalue weighted by Crippen LogP contribution is -2.12. The quantitative estimate of drug-likeness (QED) is 0.684. The Morgan fingerprint density at radius 1 is 1.30 bits per heavy atom. The van der Waals surface area contributed by atoms with Gasteiger partial charge >= 0.3 is 0 Å². The van der Waals surface area contributed by atoms with Gasteiger partial charge in [-0.15, -0.1) is 10.2 Å². The zero-order chi connectivity index (χ0) is 19.4. The van der Waals surface area contributed by atoms with Gasteiger partial charge in [-0.05, 0) is 32.4 Å². The second-order valence-electron chi connectivity index (χ2n) is 6.62. The highest BCUT2D eigenvalue weighted by atomic mass is 16.5. The van der Waals surface area contributed by atoms with E-state index in [-0.39, 0.29) is 11.9 Å². The zero-order valence-corrected chi connectivity index (χ0v) is 15.8. The Morgan fingerprint density at radius 3 is 2.74 bits per heavy atom. The monoisotopic (exact) mass is 365 g/mol. The number of nitrogens with two attached hydrogens (primary N) is 1. The number of hydrogen-bond acceptors (Lipinski definition) is 7. The van der Waals surface area contributed by atoms with Gasteiger partial charge in [-0.1, -0.05) is 13.3 Å². The molecule has 3 rings (SSSR count). The van der Waals surface area contributed by atoms with Gasteiger partial charge in [0.2, 0.25) is 0 Å². The highest BCUT2D eigenvalue weighted by Crippen LogP contribution is 2.29. The van der Waals surface area contributed by atoms with E-state index < -0.39 is 0 Å². The van der Waals surface area contributed by atoms with Crippen LogP contribution in [0.4, 0.5) is 5.82 Å². The van der Waals surface area contributed by atoms with Crippen LogP contribution in [0.15, 0.2) is 18.3 Å². The van der Waals surface area contributed by atoms with Gasteiger partial charge in [0.15, 0.2) is 5.82 Å². The third-order valence-electron chi connectivity index (χ3n) is 4.12. The predicted molar refractivity (Wildman–Crippen MR) is 102 cm³/mol. The normalized spacial score (nSPS) is 11.1. The molecule has 0 spiro atoms. The molecule has 0 radical (unpaired) electrons. The molecule has 0 aliphatic carbocycles. The maximum absolute atomic E-state index is 8.97. The van der Waals surface area contributed by atoms with Crippen molar-refractivity contribution in [3.8, 4) is 11.9 Å².